The third-order valence-corrected chi connectivity index (χ3v) is 4.35. The molecule has 1 amide bonds. The van der Waals surface area contributed by atoms with Gasteiger partial charge in [-0.15, -0.1) is 0 Å². The number of carbonyl (C=O) groups excluding carboxylic acids is 1. The number of pyridine rings is 1. The fraction of sp³-hybridized carbons (Fsp3) is 0.625. The maximum atomic E-state index is 12.9. The third-order valence-electron chi connectivity index (χ3n) is 4.35. The summed E-state index contributed by atoms with van der Waals surface area (Å²) < 4.78 is 13.2. The van der Waals surface area contributed by atoms with Gasteiger partial charge in [0.1, 0.15) is 0 Å². The Hall–Kier alpha value is -1.82. The van der Waals surface area contributed by atoms with Crippen molar-refractivity contribution in [3.8, 4) is 5.75 Å². The molecule has 3 heterocycles. The van der Waals surface area contributed by atoms with E-state index in [-0.39, 0.29) is 23.1 Å². The third kappa shape index (κ3) is 2.22. The van der Waals surface area contributed by atoms with Crippen molar-refractivity contribution < 1.29 is 14.3 Å². The molecule has 1 aromatic rings. The Bertz CT molecular complexity index is 654. The van der Waals surface area contributed by atoms with Gasteiger partial charge in [-0.3, -0.25) is 9.59 Å². The van der Waals surface area contributed by atoms with Gasteiger partial charge in [0.2, 0.25) is 5.43 Å². The van der Waals surface area contributed by atoms with Gasteiger partial charge in [0, 0.05) is 12.3 Å². The molecule has 2 aliphatic heterocycles. The summed E-state index contributed by atoms with van der Waals surface area (Å²) in [6.45, 7) is 7.37. The highest BCUT2D eigenvalue weighted by Crippen LogP contribution is 2.36. The van der Waals surface area contributed by atoms with Crippen molar-refractivity contribution in [3.05, 3.63) is 28.2 Å². The number of nitrogens with zero attached hydrogens (tertiary/aromatic N) is 2. The summed E-state index contributed by atoms with van der Waals surface area (Å²) in [6.07, 6.45) is 3.47. The Morgan fingerprint density at radius 1 is 1.45 bits per heavy atom. The van der Waals surface area contributed by atoms with Crippen LogP contribution in [0.1, 0.15) is 44.1 Å². The average molecular weight is 306 g/mol. The molecule has 1 saturated heterocycles. The molecule has 0 spiro atoms. The van der Waals surface area contributed by atoms with Gasteiger partial charge >= 0.3 is 0 Å². The quantitative estimate of drug-likeness (QED) is 0.793. The summed E-state index contributed by atoms with van der Waals surface area (Å²) in [5.74, 6) is -0.0231. The Kier molecular flexibility index (Phi) is 3.72. The second-order valence-electron chi connectivity index (χ2n) is 6.20. The normalized spacial score (nSPS) is 26.8. The highest BCUT2D eigenvalue weighted by Gasteiger charge is 2.50. The SMILES string of the molecule is CCCCOc1c2n(ccc1=O)C[C@@]1(C)OC[C@H](C)N1C2=O. The molecule has 0 bridgehead atoms. The number of aromatic nitrogens is 1. The van der Waals surface area contributed by atoms with E-state index < -0.39 is 5.72 Å². The van der Waals surface area contributed by atoms with Crippen LogP contribution in [0.3, 0.4) is 0 Å². The van der Waals surface area contributed by atoms with E-state index in [9.17, 15) is 9.59 Å². The van der Waals surface area contributed by atoms with Gasteiger partial charge in [0.05, 0.1) is 25.8 Å². The van der Waals surface area contributed by atoms with E-state index in [1.54, 1.807) is 15.7 Å². The molecular weight excluding hydrogens is 284 g/mol. The molecule has 120 valence electrons. The van der Waals surface area contributed by atoms with E-state index in [1.165, 1.54) is 6.07 Å². The Morgan fingerprint density at radius 3 is 2.95 bits per heavy atom. The summed E-state index contributed by atoms with van der Waals surface area (Å²) in [6, 6.07) is 1.44. The zero-order chi connectivity index (χ0) is 15.9. The Morgan fingerprint density at radius 2 is 2.23 bits per heavy atom. The molecule has 1 fully saturated rings. The number of carbonyl (C=O) groups is 1. The number of fused-ring (bicyclic) bond motifs is 2. The summed E-state index contributed by atoms with van der Waals surface area (Å²) >= 11 is 0. The number of ether oxygens (including phenoxy) is 2. The molecule has 0 saturated carbocycles. The number of hydrogen-bond acceptors (Lipinski definition) is 4. The number of hydrogen-bond donors (Lipinski definition) is 0. The minimum absolute atomic E-state index is 0.00921. The van der Waals surface area contributed by atoms with Crippen LogP contribution in [0, 0.1) is 0 Å². The maximum absolute atomic E-state index is 12.9. The van der Waals surface area contributed by atoms with Crippen molar-refractivity contribution in [3.63, 3.8) is 0 Å². The predicted molar refractivity (Wildman–Crippen MR) is 81.1 cm³/mol. The highest BCUT2D eigenvalue weighted by molar-refractivity contribution is 5.96. The lowest BCUT2D eigenvalue weighted by atomic mass is 10.1. The second-order valence-corrected chi connectivity index (χ2v) is 6.20. The number of unbranched alkanes of at least 4 members (excludes halogenated alkanes) is 1. The van der Waals surface area contributed by atoms with Crippen LogP contribution in [0.25, 0.3) is 0 Å². The van der Waals surface area contributed by atoms with Crippen LogP contribution in [0.2, 0.25) is 0 Å². The van der Waals surface area contributed by atoms with Gasteiger partial charge in [-0.25, -0.2) is 0 Å². The smallest absolute Gasteiger partial charge is 0.277 e. The molecule has 3 rings (SSSR count). The van der Waals surface area contributed by atoms with Crippen LogP contribution >= 0.6 is 0 Å². The lowest BCUT2D eigenvalue weighted by Crippen LogP contribution is -2.56. The van der Waals surface area contributed by atoms with Crippen LogP contribution in [-0.4, -0.2) is 40.4 Å². The van der Waals surface area contributed by atoms with Crippen molar-refractivity contribution in [2.75, 3.05) is 13.2 Å². The van der Waals surface area contributed by atoms with Crippen molar-refractivity contribution in [2.45, 2.75) is 51.9 Å². The first-order valence-corrected chi connectivity index (χ1v) is 7.82. The predicted octanol–water partition coefficient (Wildman–Crippen LogP) is 1.62. The summed E-state index contributed by atoms with van der Waals surface area (Å²) in [5.41, 5.74) is -0.551. The first-order valence-electron chi connectivity index (χ1n) is 7.82. The molecule has 2 atom stereocenters. The highest BCUT2D eigenvalue weighted by atomic mass is 16.5. The van der Waals surface area contributed by atoms with Crippen molar-refractivity contribution in [1.29, 1.82) is 0 Å². The van der Waals surface area contributed by atoms with E-state index in [1.807, 2.05) is 13.8 Å². The minimum Gasteiger partial charge on any atom is -0.487 e. The van der Waals surface area contributed by atoms with Crippen LogP contribution < -0.4 is 10.2 Å². The molecular formula is C16H22N2O4. The standard InChI is InChI=1S/C16H22N2O4/c1-4-5-8-21-14-12(19)6-7-17-10-16(3)18(11(2)9-22-16)15(20)13(14)17/h6-7,11H,4-5,8-10H2,1-3H3/t11-,16+/m0/s1. The average Bonchev–Trinajstić information content (AvgIpc) is 2.78. The van der Waals surface area contributed by atoms with E-state index in [0.717, 1.165) is 12.8 Å². The van der Waals surface area contributed by atoms with Gasteiger partial charge in [-0.05, 0) is 20.3 Å². The van der Waals surface area contributed by atoms with Crippen LogP contribution in [0.15, 0.2) is 17.1 Å². The lowest BCUT2D eigenvalue weighted by Gasteiger charge is -2.41. The Labute approximate surface area is 129 Å². The van der Waals surface area contributed by atoms with Crippen LogP contribution in [0.4, 0.5) is 0 Å². The van der Waals surface area contributed by atoms with Crippen molar-refractivity contribution in [1.82, 2.24) is 9.47 Å². The van der Waals surface area contributed by atoms with Gasteiger partial charge in [-0.2, -0.15) is 0 Å². The fourth-order valence-corrected chi connectivity index (χ4v) is 3.24. The Balaban J connectivity index is 2.04. The van der Waals surface area contributed by atoms with Crippen LogP contribution in [-0.2, 0) is 11.3 Å². The fourth-order valence-electron chi connectivity index (χ4n) is 3.24. The molecule has 0 aromatic carbocycles. The van der Waals surface area contributed by atoms with Gasteiger partial charge in [0.25, 0.3) is 5.91 Å². The maximum Gasteiger partial charge on any atom is 0.277 e. The zero-order valence-electron chi connectivity index (χ0n) is 13.3. The molecule has 0 N–H and O–H groups in total. The van der Waals surface area contributed by atoms with E-state index in [2.05, 4.69) is 6.92 Å². The first-order chi connectivity index (χ1) is 10.5. The van der Waals surface area contributed by atoms with E-state index in [0.29, 0.717) is 25.5 Å². The molecule has 2 aliphatic rings. The van der Waals surface area contributed by atoms with Crippen LogP contribution in [0.5, 0.6) is 5.75 Å². The first kappa shape index (κ1) is 15.1. The second kappa shape index (κ2) is 5.43. The monoisotopic (exact) mass is 306 g/mol. The molecule has 6 nitrogen and oxygen atoms in total. The molecule has 0 unspecified atom stereocenters. The molecule has 0 radical (unpaired) electrons. The summed E-state index contributed by atoms with van der Waals surface area (Å²) in [5, 5.41) is 0. The molecule has 22 heavy (non-hydrogen) atoms. The number of amides is 1. The van der Waals surface area contributed by atoms with Crippen molar-refractivity contribution in [2.24, 2.45) is 0 Å². The largest absolute Gasteiger partial charge is 0.487 e. The molecule has 0 aliphatic carbocycles. The van der Waals surface area contributed by atoms with Gasteiger partial charge in [0.15, 0.2) is 17.2 Å². The summed E-state index contributed by atoms with van der Waals surface area (Å²) in [4.78, 5) is 26.8. The molecule has 6 heteroatoms. The minimum atomic E-state index is -0.654. The summed E-state index contributed by atoms with van der Waals surface area (Å²) in [7, 11) is 0. The lowest BCUT2D eigenvalue weighted by molar-refractivity contribution is -0.0752. The van der Waals surface area contributed by atoms with Gasteiger partial charge in [-0.1, -0.05) is 13.3 Å². The zero-order valence-corrected chi connectivity index (χ0v) is 13.3. The van der Waals surface area contributed by atoms with E-state index >= 15 is 0 Å². The topological polar surface area (TPSA) is 60.8 Å². The van der Waals surface area contributed by atoms with Gasteiger partial charge < -0.3 is 18.9 Å². The van der Waals surface area contributed by atoms with Crippen molar-refractivity contribution >= 4 is 5.91 Å². The molecule has 1 aromatic heterocycles. The van der Waals surface area contributed by atoms with E-state index in [4.69, 9.17) is 9.47 Å². The number of rotatable bonds is 4.